The summed E-state index contributed by atoms with van der Waals surface area (Å²) >= 11 is 0. The van der Waals surface area contributed by atoms with Crippen molar-refractivity contribution in [1.29, 1.82) is 0 Å². The van der Waals surface area contributed by atoms with Gasteiger partial charge in [-0.15, -0.1) is 0 Å². The predicted molar refractivity (Wildman–Crippen MR) is 75.0 cm³/mol. The summed E-state index contributed by atoms with van der Waals surface area (Å²) in [4.78, 5) is 22.5. The molecule has 0 fully saturated rings. The summed E-state index contributed by atoms with van der Waals surface area (Å²) < 4.78 is 15.6. The molecule has 0 saturated heterocycles. The van der Waals surface area contributed by atoms with E-state index in [1.807, 2.05) is 6.55 Å². The van der Waals surface area contributed by atoms with Crippen LogP contribution in [0.5, 0.6) is 0 Å². The van der Waals surface area contributed by atoms with Crippen LogP contribution in [0.25, 0.3) is 0 Å². The Morgan fingerprint density at radius 3 is 2.26 bits per heavy atom. The summed E-state index contributed by atoms with van der Waals surface area (Å²) in [5.74, 6) is -0.816. The van der Waals surface area contributed by atoms with Gasteiger partial charge in [-0.1, -0.05) is 6.58 Å². The Labute approximate surface area is 115 Å². The Kier molecular flexibility index (Phi) is 8.21. The first-order valence-electron chi connectivity index (χ1n) is 5.99. The molecule has 0 saturated carbocycles. The largest absolute Gasteiger partial charge is 0.463 e. The van der Waals surface area contributed by atoms with E-state index >= 15 is 0 Å². The molecule has 0 bridgehead atoms. The van der Waals surface area contributed by atoms with Gasteiger partial charge >= 0.3 is 14.5 Å². The van der Waals surface area contributed by atoms with Crippen LogP contribution in [-0.4, -0.2) is 41.1 Å². The lowest BCUT2D eigenvalue weighted by atomic mass is 10.2. The Morgan fingerprint density at radius 1 is 1.21 bits per heavy atom. The zero-order valence-corrected chi connectivity index (χ0v) is 13.0. The number of hydrogen-bond donors (Lipinski definition) is 0. The van der Waals surface area contributed by atoms with Crippen molar-refractivity contribution in [2.24, 2.45) is 0 Å². The van der Waals surface area contributed by atoms with E-state index < -0.39 is 14.5 Å². The Morgan fingerprint density at radius 2 is 1.79 bits per heavy atom. The number of ketones is 1. The fourth-order valence-electron chi connectivity index (χ4n) is 1.19. The van der Waals surface area contributed by atoms with Crippen LogP contribution in [0.2, 0.25) is 12.6 Å². The van der Waals surface area contributed by atoms with Crippen molar-refractivity contribution in [2.75, 3.05) is 20.8 Å². The maximum absolute atomic E-state index is 11.3. The van der Waals surface area contributed by atoms with E-state index in [0.717, 1.165) is 18.2 Å². The molecule has 0 heterocycles. The quantitative estimate of drug-likeness (QED) is 0.281. The molecule has 0 aliphatic heterocycles. The van der Waals surface area contributed by atoms with Gasteiger partial charge in [0, 0.05) is 20.3 Å². The van der Waals surface area contributed by atoms with Gasteiger partial charge < -0.3 is 13.6 Å². The zero-order chi connectivity index (χ0) is 14.9. The van der Waals surface area contributed by atoms with Gasteiger partial charge in [-0.05, 0) is 37.6 Å². The second-order valence-corrected chi connectivity index (χ2v) is 7.88. The number of rotatable bonds is 9. The lowest BCUT2D eigenvalue weighted by molar-refractivity contribution is -0.138. The van der Waals surface area contributed by atoms with E-state index in [1.165, 1.54) is 0 Å². The van der Waals surface area contributed by atoms with Gasteiger partial charge in [0.15, 0.2) is 5.78 Å². The van der Waals surface area contributed by atoms with Gasteiger partial charge in [0.05, 0.1) is 6.61 Å². The van der Waals surface area contributed by atoms with Crippen LogP contribution in [0.4, 0.5) is 0 Å². The summed E-state index contributed by atoms with van der Waals surface area (Å²) in [7, 11) is 1.14. The van der Waals surface area contributed by atoms with Crippen molar-refractivity contribution >= 4 is 20.3 Å². The number of esters is 1. The highest BCUT2D eigenvalue weighted by atomic mass is 28.4. The maximum atomic E-state index is 11.3. The average molecular weight is 286 g/mol. The molecule has 0 aliphatic carbocycles. The molecular formula is C13H22O5Si. The molecule has 0 amide bonds. The topological polar surface area (TPSA) is 61.8 Å². The molecule has 0 atom stereocenters. The molecule has 0 aliphatic rings. The van der Waals surface area contributed by atoms with Crippen molar-refractivity contribution in [3.63, 3.8) is 0 Å². The van der Waals surface area contributed by atoms with Crippen LogP contribution in [0, 0.1) is 0 Å². The highest BCUT2D eigenvalue weighted by Crippen LogP contribution is 2.13. The van der Waals surface area contributed by atoms with Crippen LogP contribution < -0.4 is 0 Å². The third-order valence-electron chi connectivity index (χ3n) is 2.67. The van der Waals surface area contributed by atoms with E-state index in [2.05, 4.69) is 6.58 Å². The molecule has 19 heavy (non-hydrogen) atoms. The number of hydrogen-bond acceptors (Lipinski definition) is 5. The first-order chi connectivity index (χ1) is 8.84. The second kappa shape index (κ2) is 8.79. The van der Waals surface area contributed by atoms with E-state index in [9.17, 15) is 9.59 Å². The molecule has 6 heteroatoms. The minimum absolute atomic E-state index is 0.278. The fourth-order valence-corrected chi connectivity index (χ4v) is 2.55. The number of allylic oxidation sites excluding steroid dienone is 2. The molecule has 0 radical (unpaired) electrons. The summed E-state index contributed by atoms with van der Waals surface area (Å²) in [5.41, 5.74) is 0.381. The molecule has 108 valence electrons. The molecule has 0 rings (SSSR count). The molecule has 0 spiro atoms. The van der Waals surface area contributed by atoms with Crippen molar-refractivity contribution in [2.45, 2.75) is 25.9 Å². The first kappa shape index (κ1) is 17.8. The fraction of sp³-hybridized carbons (Fsp3) is 0.538. The van der Waals surface area contributed by atoms with Crippen molar-refractivity contribution in [3.05, 3.63) is 24.3 Å². The second-order valence-electron chi connectivity index (χ2n) is 4.29. The lowest BCUT2D eigenvalue weighted by Crippen LogP contribution is -2.36. The van der Waals surface area contributed by atoms with Crippen LogP contribution in [0.15, 0.2) is 24.3 Å². The van der Waals surface area contributed by atoms with Crippen LogP contribution >= 0.6 is 0 Å². The van der Waals surface area contributed by atoms with Crippen LogP contribution in [-0.2, 0) is 23.2 Å². The highest BCUT2D eigenvalue weighted by molar-refractivity contribution is 6.65. The number of carbonyl (C=O) groups excluding carboxylic acids is 2. The Hall–Kier alpha value is -1.24. The molecule has 0 unspecified atom stereocenters. The van der Waals surface area contributed by atoms with E-state index in [1.54, 1.807) is 21.1 Å². The molecule has 0 aromatic heterocycles. The van der Waals surface area contributed by atoms with Gasteiger partial charge in [0.25, 0.3) is 0 Å². The SMILES string of the molecule is C=C(C)C(=O)C=CC(=O)OCCC[Si](C)(OC)OC. The molecular weight excluding hydrogens is 264 g/mol. The molecule has 0 N–H and O–H groups in total. The minimum Gasteiger partial charge on any atom is -0.463 e. The monoisotopic (exact) mass is 286 g/mol. The third kappa shape index (κ3) is 7.71. The number of ether oxygens (including phenoxy) is 1. The Balaban J connectivity index is 3.93. The van der Waals surface area contributed by atoms with Crippen LogP contribution in [0.1, 0.15) is 13.3 Å². The van der Waals surface area contributed by atoms with Gasteiger partial charge in [-0.3, -0.25) is 4.79 Å². The van der Waals surface area contributed by atoms with Gasteiger partial charge in [-0.25, -0.2) is 4.79 Å². The molecule has 5 nitrogen and oxygen atoms in total. The molecule has 0 aromatic rings. The first-order valence-corrected chi connectivity index (χ1v) is 8.52. The number of carbonyl (C=O) groups is 2. The summed E-state index contributed by atoms with van der Waals surface area (Å²) in [6, 6.07) is 0.738. The maximum Gasteiger partial charge on any atom is 0.334 e. The summed E-state index contributed by atoms with van der Waals surface area (Å²) in [5, 5.41) is 0. The van der Waals surface area contributed by atoms with Crippen molar-refractivity contribution in [3.8, 4) is 0 Å². The van der Waals surface area contributed by atoms with Gasteiger partial charge in [0.2, 0.25) is 0 Å². The van der Waals surface area contributed by atoms with E-state index in [-0.39, 0.29) is 12.4 Å². The third-order valence-corrected chi connectivity index (χ3v) is 5.66. The van der Waals surface area contributed by atoms with E-state index in [4.69, 9.17) is 13.6 Å². The minimum atomic E-state index is -2.10. The summed E-state index contributed by atoms with van der Waals surface area (Å²) in [6.07, 6.45) is 2.94. The predicted octanol–water partition coefficient (Wildman–Crippen LogP) is 1.99. The zero-order valence-electron chi connectivity index (χ0n) is 12.0. The standard InChI is InChI=1S/C13H22O5Si/c1-11(2)12(14)7-8-13(15)18-9-6-10-19(5,16-3)17-4/h7-8H,1,6,9-10H2,2-5H3. The van der Waals surface area contributed by atoms with Gasteiger partial charge in [0.1, 0.15) is 0 Å². The Bertz CT molecular complexity index is 358. The average Bonchev–Trinajstić information content (AvgIpc) is 2.40. The lowest BCUT2D eigenvalue weighted by Gasteiger charge is -2.22. The van der Waals surface area contributed by atoms with Crippen molar-refractivity contribution < 1.29 is 23.2 Å². The smallest absolute Gasteiger partial charge is 0.334 e. The van der Waals surface area contributed by atoms with Crippen LogP contribution in [0.3, 0.4) is 0 Å². The van der Waals surface area contributed by atoms with E-state index in [0.29, 0.717) is 12.0 Å². The highest BCUT2D eigenvalue weighted by Gasteiger charge is 2.27. The van der Waals surface area contributed by atoms with Crippen molar-refractivity contribution in [1.82, 2.24) is 0 Å². The summed E-state index contributed by atoms with van der Waals surface area (Å²) in [6.45, 7) is 7.28. The normalized spacial score (nSPS) is 11.6. The van der Waals surface area contributed by atoms with Gasteiger partial charge in [-0.2, -0.15) is 0 Å². The molecule has 0 aromatic carbocycles.